The molecule has 0 unspecified atom stereocenters. The Kier molecular flexibility index (Phi) is 11.2. The van der Waals surface area contributed by atoms with Crippen LogP contribution >= 0.6 is 0 Å². The molecule has 4 N–H and O–H groups in total. The minimum atomic E-state index is -0.653. The molecule has 7 nitrogen and oxygen atoms in total. The Balaban J connectivity index is 0.000000467. The highest BCUT2D eigenvalue weighted by Gasteiger charge is 2.16. The summed E-state index contributed by atoms with van der Waals surface area (Å²) in [5.41, 5.74) is 10.5. The van der Waals surface area contributed by atoms with E-state index >= 15 is 0 Å². The van der Waals surface area contributed by atoms with Crippen LogP contribution in [-0.2, 0) is 33.9 Å². The molecule has 0 spiro atoms. The Labute approximate surface area is 178 Å². The van der Waals surface area contributed by atoms with Crippen LogP contribution in [-0.4, -0.2) is 24.1 Å². The zero-order chi connectivity index (χ0) is 22.4. The zero-order valence-corrected chi connectivity index (χ0v) is 18.2. The number of benzene rings is 2. The van der Waals surface area contributed by atoms with Crippen molar-refractivity contribution in [2.45, 2.75) is 52.9 Å². The van der Waals surface area contributed by atoms with Crippen molar-refractivity contribution in [3.8, 4) is 0 Å². The van der Waals surface area contributed by atoms with Crippen LogP contribution in [0, 0.1) is 0 Å². The van der Waals surface area contributed by atoms with Gasteiger partial charge in [0, 0.05) is 6.54 Å². The third-order valence-corrected chi connectivity index (χ3v) is 3.73. The number of amides is 2. The number of nitrogens with one attached hydrogen (secondary N) is 2. The first-order valence-corrected chi connectivity index (χ1v) is 9.92. The molecular formula is C23H33N3O4. The van der Waals surface area contributed by atoms with Crippen molar-refractivity contribution in [1.82, 2.24) is 10.8 Å². The lowest BCUT2D eigenvalue weighted by molar-refractivity contribution is -0.133. The second kappa shape index (κ2) is 13.3. The van der Waals surface area contributed by atoms with Gasteiger partial charge in [0.25, 0.3) is 5.91 Å². The molecule has 0 fully saturated rings. The Morgan fingerprint density at radius 2 is 1.53 bits per heavy atom. The number of ether oxygens (including phenoxy) is 1. The van der Waals surface area contributed by atoms with Crippen molar-refractivity contribution in [3.63, 3.8) is 0 Å². The van der Waals surface area contributed by atoms with Gasteiger partial charge in [0.05, 0.1) is 6.61 Å². The Hall–Kier alpha value is -2.90. The summed E-state index contributed by atoms with van der Waals surface area (Å²) in [6.07, 6.45) is 0.487. The molecule has 0 saturated heterocycles. The van der Waals surface area contributed by atoms with Gasteiger partial charge in [-0.1, -0.05) is 61.5 Å². The van der Waals surface area contributed by atoms with Gasteiger partial charge in [0.2, 0.25) is 0 Å². The summed E-state index contributed by atoms with van der Waals surface area (Å²) in [5, 5.41) is 2.34. The van der Waals surface area contributed by atoms with Gasteiger partial charge in [-0.3, -0.25) is 9.63 Å². The van der Waals surface area contributed by atoms with E-state index < -0.39 is 17.6 Å². The molecule has 0 radical (unpaired) electrons. The fourth-order valence-electron chi connectivity index (χ4n) is 2.19. The second-order valence-electron chi connectivity index (χ2n) is 7.53. The van der Waals surface area contributed by atoms with Crippen molar-refractivity contribution >= 4 is 12.0 Å². The number of carbonyl (C=O) groups is 2. The van der Waals surface area contributed by atoms with Crippen LogP contribution in [0.15, 0.2) is 54.6 Å². The van der Waals surface area contributed by atoms with Crippen LogP contribution in [0.25, 0.3) is 0 Å². The number of nitrogens with two attached hydrogens (primary N) is 1. The predicted octanol–water partition coefficient (Wildman–Crippen LogP) is 3.47. The SMILES string of the molecule is CC(C)(C)OC(=O)NCC(=O)NOCc1ccc(CN)cc1.CCc1ccccc1. The van der Waals surface area contributed by atoms with Gasteiger partial charge in [0.15, 0.2) is 0 Å². The fourth-order valence-corrected chi connectivity index (χ4v) is 2.19. The molecule has 0 aromatic heterocycles. The van der Waals surface area contributed by atoms with Gasteiger partial charge < -0.3 is 15.8 Å². The number of aryl methyl sites for hydroxylation is 1. The minimum absolute atomic E-state index is 0.221. The number of hydroxylamine groups is 1. The number of alkyl carbamates (subject to hydrolysis) is 1. The number of hydrogen-bond donors (Lipinski definition) is 3. The standard InChI is InChI=1S/C15H23N3O4.C8H10/c1-15(2,3)22-14(20)17-9-13(19)18-21-10-12-6-4-11(8-16)5-7-12;1-2-8-6-4-3-5-7-8/h4-7H,8-10,16H2,1-3H3,(H,17,20)(H,18,19);3-7H,2H2,1H3. The van der Waals surface area contributed by atoms with Gasteiger partial charge in [-0.25, -0.2) is 10.3 Å². The summed E-state index contributed by atoms with van der Waals surface area (Å²) >= 11 is 0. The van der Waals surface area contributed by atoms with Crippen molar-refractivity contribution < 1.29 is 19.2 Å². The second-order valence-corrected chi connectivity index (χ2v) is 7.53. The van der Waals surface area contributed by atoms with Crippen LogP contribution in [0.2, 0.25) is 0 Å². The normalized spacial score (nSPS) is 10.4. The van der Waals surface area contributed by atoms with Crippen LogP contribution in [0.5, 0.6) is 0 Å². The van der Waals surface area contributed by atoms with Gasteiger partial charge >= 0.3 is 6.09 Å². The lowest BCUT2D eigenvalue weighted by atomic mass is 10.1. The van der Waals surface area contributed by atoms with Crippen molar-refractivity contribution in [2.24, 2.45) is 5.73 Å². The van der Waals surface area contributed by atoms with E-state index in [4.69, 9.17) is 15.3 Å². The van der Waals surface area contributed by atoms with E-state index in [9.17, 15) is 9.59 Å². The molecule has 0 atom stereocenters. The summed E-state index contributed by atoms with van der Waals surface area (Å²) in [4.78, 5) is 27.9. The topological polar surface area (TPSA) is 103 Å². The highest BCUT2D eigenvalue weighted by molar-refractivity contribution is 5.81. The zero-order valence-electron chi connectivity index (χ0n) is 18.2. The quantitative estimate of drug-likeness (QED) is 0.601. The first-order chi connectivity index (χ1) is 14.2. The fraction of sp³-hybridized carbons (Fsp3) is 0.391. The van der Waals surface area contributed by atoms with E-state index in [2.05, 4.69) is 42.0 Å². The Morgan fingerprint density at radius 1 is 0.933 bits per heavy atom. The molecule has 30 heavy (non-hydrogen) atoms. The van der Waals surface area contributed by atoms with E-state index in [0.29, 0.717) is 6.54 Å². The third kappa shape index (κ3) is 11.8. The Bertz CT molecular complexity index is 756. The number of rotatable bonds is 7. The molecule has 2 aromatic rings. The largest absolute Gasteiger partial charge is 0.444 e. The maximum absolute atomic E-state index is 11.5. The number of hydrogen-bond acceptors (Lipinski definition) is 5. The maximum Gasteiger partial charge on any atom is 0.408 e. The van der Waals surface area contributed by atoms with Gasteiger partial charge in [-0.15, -0.1) is 0 Å². The molecule has 0 aliphatic rings. The molecule has 2 amide bonds. The minimum Gasteiger partial charge on any atom is -0.444 e. The molecule has 0 heterocycles. The van der Waals surface area contributed by atoms with E-state index in [1.165, 1.54) is 5.56 Å². The van der Waals surface area contributed by atoms with Crippen molar-refractivity contribution in [3.05, 3.63) is 71.3 Å². The summed E-state index contributed by atoms with van der Waals surface area (Å²) in [6, 6.07) is 18.0. The van der Waals surface area contributed by atoms with Gasteiger partial charge in [-0.2, -0.15) is 0 Å². The van der Waals surface area contributed by atoms with Gasteiger partial charge in [-0.05, 0) is 43.9 Å². The average Bonchev–Trinajstić information content (AvgIpc) is 2.72. The maximum atomic E-state index is 11.5. The summed E-state index contributed by atoms with van der Waals surface area (Å²) in [5.74, 6) is -0.468. The van der Waals surface area contributed by atoms with E-state index in [1.807, 2.05) is 30.3 Å². The number of carbonyl (C=O) groups excluding carboxylic acids is 2. The predicted molar refractivity (Wildman–Crippen MR) is 117 cm³/mol. The van der Waals surface area contributed by atoms with E-state index in [1.54, 1.807) is 20.8 Å². The first kappa shape index (κ1) is 25.1. The summed E-state index contributed by atoms with van der Waals surface area (Å²) < 4.78 is 5.00. The van der Waals surface area contributed by atoms with E-state index in [-0.39, 0.29) is 13.2 Å². The van der Waals surface area contributed by atoms with Crippen molar-refractivity contribution in [2.75, 3.05) is 6.54 Å². The highest BCUT2D eigenvalue weighted by atomic mass is 16.7. The van der Waals surface area contributed by atoms with Crippen LogP contribution < -0.4 is 16.5 Å². The lowest BCUT2D eigenvalue weighted by Gasteiger charge is -2.19. The van der Waals surface area contributed by atoms with Crippen molar-refractivity contribution in [1.29, 1.82) is 0 Å². The smallest absolute Gasteiger partial charge is 0.408 e. The van der Waals surface area contributed by atoms with Crippen LogP contribution in [0.4, 0.5) is 4.79 Å². The molecule has 0 bridgehead atoms. The first-order valence-electron chi connectivity index (χ1n) is 9.92. The highest BCUT2D eigenvalue weighted by Crippen LogP contribution is 2.06. The monoisotopic (exact) mass is 415 g/mol. The molecule has 0 aliphatic heterocycles. The van der Waals surface area contributed by atoms with Gasteiger partial charge in [0.1, 0.15) is 12.1 Å². The molecule has 2 rings (SSSR count). The average molecular weight is 416 g/mol. The summed E-state index contributed by atoms with van der Waals surface area (Å²) in [7, 11) is 0. The van der Waals surface area contributed by atoms with Crippen LogP contribution in [0.1, 0.15) is 44.4 Å². The molecule has 0 saturated carbocycles. The lowest BCUT2D eigenvalue weighted by Crippen LogP contribution is -2.39. The molecule has 0 aliphatic carbocycles. The summed E-state index contributed by atoms with van der Waals surface area (Å²) in [6.45, 7) is 7.87. The van der Waals surface area contributed by atoms with E-state index in [0.717, 1.165) is 17.5 Å². The molecule has 7 heteroatoms. The molecular weight excluding hydrogens is 382 g/mol. The molecule has 164 valence electrons. The Morgan fingerprint density at radius 3 is 2.03 bits per heavy atom. The third-order valence-electron chi connectivity index (χ3n) is 3.73. The van der Waals surface area contributed by atoms with Crippen LogP contribution in [0.3, 0.4) is 0 Å². The molecule has 2 aromatic carbocycles.